The van der Waals surface area contributed by atoms with Crippen LogP contribution in [0, 0.1) is 5.82 Å². The van der Waals surface area contributed by atoms with Crippen LogP contribution in [0.4, 0.5) is 4.39 Å². The highest BCUT2D eigenvalue weighted by Gasteiger charge is 2.34. The zero-order valence-electron chi connectivity index (χ0n) is 10.5. The van der Waals surface area contributed by atoms with Gasteiger partial charge < -0.3 is 5.32 Å². The molecule has 2 fully saturated rings. The number of carbonyl (C=O) groups excluding carboxylic acids is 1. The maximum Gasteiger partial charge on any atom is 0.251 e. The van der Waals surface area contributed by atoms with E-state index in [0.29, 0.717) is 10.0 Å². The third kappa shape index (κ3) is 3.15. The Morgan fingerprint density at radius 2 is 2.11 bits per heavy atom. The molecule has 1 aliphatic carbocycles. The van der Waals surface area contributed by atoms with Gasteiger partial charge in [-0.15, -0.1) is 0 Å². The van der Waals surface area contributed by atoms with Gasteiger partial charge in [0.1, 0.15) is 5.82 Å². The molecule has 1 aliphatic heterocycles. The number of nitrogens with one attached hydrogen (secondary N) is 1. The molecule has 1 aromatic carbocycles. The molecule has 1 atom stereocenters. The Labute approximate surface area is 120 Å². The van der Waals surface area contributed by atoms with Crippen molar-refractivity contribution in [3.8, 4) is 0 Å². The lowest BCUT2D eigenvalue weighted by atomic mass is 10.2. The molecule has 19 heavy (non-hydrogen) atoms. The molecular formula is C14H16BrFN2O. The topological polar surface area (TPSA) is 32.3 Å². The first kappa shape index (κ1) is 13.1. The molecule has 3 nitrogen and oxygen atoms in total. The van der Waals surface area contributed by atoms with Crippen molar-refractivity contribution in [3.05, 3.63) is 34.1 Å². The third-order valence-electron chi connectivity index (χ3n) is 3.74. The molecule has 3 rings (SSSR count). The fourth-order valence-corrected chi connectivity index (χ4v) is 3.10. The predicted octanol–water partition coefficient (Wildman–Crippen LogP) is 2.55. The van der Waals surface area contributed by atoms with E-state index in [9.17, 15) is 9.18 Å². The molecule has 1 saturated carbocycles. The highest BCUT2D eigenvalue weighted by Crippen LogP contribution is 2.29. The van der Waals surface area contributed by atoms with Crippen LogP contribution in [0.1, 0.15) is 29.6 Å². The monoisotopic (exact) mass is 326 g/mol. The summed E-state index contributed by atoms with van der Waals surface area (Å²) in [4.78, 5) is 14.5. The minimum Gasteiger partial charge on any atom is -0.348 e. The van der Waals surface area contributed by atoms with Gasteiger partial charge in [0.15, 0.2) is 0 Å². The molecule has 0 radical (unpaired) electrons. The van der Waals surface area contributed by atoms with Crippen molar-refractivity contribution in [2.75, 3.05) is 13.1 Å². The number of benzene rings is 1. The van der Waals surface area contributed by atoms with Gasteiger partial charge in [0, 0.05) is 35.2 Å². The van der Waals surface area contributed by atoms with Gasteiger partial charge >= 0.3 is 0 Å². The normalized spacial score (nSPS) is 23.6. The summed E-state index contributed by atoms with van der Waals surface area (Å²) in [6, 6.07) is 5.20. The summed E-state index contributed by atoms with van der Waals surface area (Å²) >= 11 is 3.20. The quantitative estimate of drug-likeness (QED) is 0.925. The van der Waals surface area contributed by atoms with Gasteiger partial charge in [-0.25, -0.2) is 4.39 Å². The van der Waals surface area contributed by atoms with E-state index in [2.05, 4.69) is 26.1 Å². The molecule has 0 bridgehead atoms. The Kier molecular flexibility index (Phi) is 3.58. The van der Waals surface area contributed by atoms with Crippen LogP contribution in [-0.4, -0.2) is 36.0 Å². The first-order valence-corrected chi connectivity index (χ1v) is 7.42. The van der Waals surface area contributed by atoms with Gasteiger partial charge in [-0.05, 0) is 37.5 Å². The predicted molar refractivity (Wildman–Crippen MR) is 74.6 cm³/mol. The minimum absolute atomic E-state index is 0.190. The molecule has 1 amide bonds. The average molecular weight is 327 g/mol. The number of carbonyl (C=O) groups is 1. The number of halogens is 2. The van der Waals surface area contributed by atoms with Gasteiger partial charge in [0.25, 0.3) is 5.91 Å². The van der Waals surface area contributed by atoms with E-state index in [-0.39, 0.29) is 11.9 Å². The molecule has 1 saturated heterocycles. The smallest absolute Gasteiger partial charge is 0.251 e. The standard InChI is InChI=1S/C14H16BrFN2O/c15-10-5-9(6-11(16)7-10)14(19)17-12-3-4-18(8-12)13-1-2-13/h5-7,12-13H,1-4,8H2,(H,17,19). The summed E-state index contributed by atoms with van der Waals surface area (Å²) in [5, 5.41) is 2.99. The number of hydrogen-bond acceptors (Lipinski definition) is 2. The third-order valence-corrected chi connectivity index (χ3v) is 4.20. The van der Waals surface area contributed by atoms with Crippen molar-refractivity contribution in [2.24, 2.45) is 0 Å². The lowest BCUT2D eigenvalue weighted by Gasteiger charge is -2.15. The van der Waals surface area contributed by atoms with Crippen molar-refractivity contribution in [1.29, 1.82) is 0 Å². The maximum absolute atomic E-state index is 13.3. The molecular weight excluding hydrogens is 311 g/mol. The van der Waals surface area contributed by atoms with E-state index in [1.807, 2.05) is 0 Å². The Morgan fingerprint density at radius 1 is 1.32 bits per heavy atom. The first-order chi connectivity index (χ1) is 9.11. The van der Waals surface area contributed by atoms with E-state index in [4.69, 9.17) is 0 Å². The fourth-order valence-electron chi connectivity index (χ4n) is 2.63. The van der Waals surface area contributed by atoms with Crippen LogP contribution in [0.3, 0.4) is 0 Å². The molecule has 102 valence electrons. The minimum atomic E-state index is -0.398. The zero-order chi connectivity index (χ0) is 13.4. The Hall–Kier alpha value is -0.940. The van der Waals surface area contributed by atoms with Crippen LogP contribution in [0.15, 0.2) is 22.7 Å². The van der Waals surface area contributed by atoms with Gasteiger partial charge in [-0.1, -0.05) is 15.9 Å². The average Bonchev–Trinajstić information content (AvgIpc) is 3.09. The summed E-state index contributed by atoms with van der Waals surface area (Å²) in [5.74, 6) is -0.589. The number of nitrogens with zero attached hydrogens (tertiary/aromatic N) is 1. The fraction of sp³-hybridized carbons (Fsp3) is 0.500. The summed E-state index contributed by atoms with van der Waals surface area (Å²) in [6.07, 6.45) is 3.56. The molecule has 1 unspecified atom stereocenters. The molecule has 5 heteroatoms. The van der Waals surface area contributed by atoms with Crippen molar-refractivity contribution >= 4 is 21.8 Å². The van der Waals surface area contributed by atoms with E-state index >= 15 is 0 Å². The van der Waals surface area contributed by atoms with Crippen molar-refractivity contribution in [2.45, 2.75) is 31.3 Å². The largest absolute Gasteiger partial charge is 0.348 e. The highest BCUT2D eigenvalue weighted by molar-refractivity contribution is 9.10. The van der Waals surface area contributed by atoms with E-state index in [1.54, 1.807) is 6.07 Å². The van der Waals surface area contributed by atoms with Gasteiger partial charge in [-0.3, -0.25) is 9.69 Å². The number of hydrogen-bond donors (Lipinski definition) is 1. The van der Waals surface area contributed by atoms with Gasteiger partial charge in [0.2, 0.25) is 0 Å². The van der Waals surface area contributed by atoms with Crippen LogP contribution in [-0.2, 0) is 0 Å². The van der Waals surface area contributed by atoms with Gasteiger partial charge in [0.05, 0.1) is 0 Å². The zero-order valence-corrected chi connectivity index (χ0v) is 12.1. The summed E-state index contributed by atoms with van der Waals surface area (Å²) in [7, 11) is 0. The van der Waals surface area contributed by atoms with Gasteiger partial charge in [-0.2, -0.15) is 0 Å². The van der Waals surface area contributed by atoms with Crippen LogP contribution in [0.2, 0.25) is 0 Å². The van der Waals surface area contributed by atoms with E-state index in [0.717, 1.165) is 25.6 Å². The maximum atomic E-state index is 13.3. The second-order valence-corrected chi connectivity index (χ2v) is 6.26. The SMILES string of the molecule is O=C(NC1CCN(C2CC2)C1)c1cc(F)cc(Br)c1. The lowest BCUT2D eigenvalue weighted by Crippen LogP contribution is -2.37. The molecule has 0 spiro atoms. The Morgan fingerprint density at radius 3 is 2.79 bits per heavy atom. The molecule has 1 N–H and O–H groups in total. The summed E-state index contributed by atoms with van der Waals surface area (Å²) < 4.78 is 13.8. The summed E-state index contributed by atoms with van der Waals surface area (Å²) in [6.45, 7) is 1.98. The lowest BCUT2D eigenvalue weighted by molar-refractivity contribution is 0.0937. The number of amides is 1. The van der Waals surface area contributed by atoms with Crippen molar-refractivity contribution < 1.29 is 9.18 Å². The summed E-state index contributed by atoms with van der Waals surface area (Å²) in [5.41, 5.74) is 0.372. The number of likely N-dealkylation sites (tertiary alicyclic amines) is 1. The number of rotatable bonds is 3. The molecule has 0 aromatic heterocycles. The molecule has 2 aliphatic rings. The van der Waals surface area contributed by atoms with E-state index in [1.165, 1.54) is 25.0 Å². The van der Waals surface area contributed by atoms with Crippen molar-refractivity contribution in [1.82, 2.24) is 10.2 Å². The van der Waals surface area contributed by atoms with Crippen LogP contribution >= 0.6 is 15.9 Å². The molecule has 1 heterocycles. The van der Waals surface area contributed by atoms with Crippen molar-refractivity contribution in [3.63, 3.8) is 0 Å². The van der Waals surface area contributed by atoms with Crippen LogP contribution in [0.25, 0.3) is 0 Å². The highest BCUT2D eigenvalue weighted by atomic mass is 79.9. The van der Waals surface area contributed by atoms with Crippen LogP contribution in [0.5, 0.6) is 0 Å². The van der Waals surface area contributed by atoms with Crippen LogP contribution < -0.4 is 5.32 Å². The Balaban J connectivity index is 1.61. The first-order valence-electron chi connectivity index (χ1n) is 6.63. The Bertz CT molecular complexity index is 484. The molecule has 1 aromatic rings. The van der Waals surface area contributed by atoms with E-state index < -0.39 is 5.82 Å². The second kappa shape index (κ2) is 5.21. The second-order valence-electron chi connectivity index (χ2n) is 5.34.